The van der Waals surface area contributed by atoms with Gasteiger partial charge in [0.1, 0.15) is 0 Å². The second-order valence-corrected chi connectivity index (χ2v) is 7.70. The molecule has 1 saturated heterocycles. The summed E-state index contributed by atoms with van der Waals surface area (Å²) in [5, 5.41) is 16.7. The van der Waals surface area contributed by atoms with E-state index in [1.807, 2.05) is 30.3 Å². The van der Waals surface area contributed by atoms with Gasteiger partial charge >= 0.3 is 0 Å². The number of fused-ring (bicyclic) bond motifs is 1. The molecule has 2 aliphatic rings. The Balaban J connectivity index is 0.00000243. The standard InChI is InChI=1S/C20H31N3O2.HI/c1-4-21-19(22-12-15(13-24)14-8-6-5-7-9-14)23-17-16-10-11-25-18(16)20(17,2)3;/h5-9,15-18,24H,4,10-13H2,1-3H3,(H2,21,22,23);1H. The van der Waals surface area contributed by atoms with Crippen LogP contribution in [0.4, 0.5) is 0 Å². The maximum absolute atomic E-state index is 9.74. The number of guanidine groups is 1. The van der Waals surface area contributed by atoms with Gasteiger partial charge in [0.15, 0.2) is 5.96 Å². The maximum atomic E-state index is 9.74. The lowest BCUT2D eigenvalue weighted by atomic mass is 9.57. The molecule has 1 aromatic carbocycles. The Labute approximate surface area is 174 Å². The topological polar surface area (TPSA) is 65.9 Å². The van der Waals surface area contributed by atoms with E-state index in [2.05, 4.69) is 31.4 Å². The molecule has 5 nitrogen and oxygen atoms in total. The minimum Gasteiger partial charge on any atom is -0.396 e. The van der Waals surface area contributed by atoms with Crippen LogP contribution in [0.15, 0.2) is 35.3 Å². The SMILES string of the molecule is CCNC(=NCC(CO)c1ccccc1)NC1C2CCOC2C1(C)C.I. The van der Waals surface area contributed by atoms with Gasteiger partial charge in [-0.25, -0.2) is 0 Å². The van der Waals surface area contributed by atoms with E-state index in [0.29, 0.717) is 24.6 Å². The number of hydrogen-bond donors (Lipinski definition) is 3. The van der Waals surface area contributed by atoms with Crippen molar-refractivity contribution in [1.29, 1.82) is 0 Å². The number of nitrogens with one attached hydrogen (secondary N) is 2. The fraction of sp³-hybridized carbons (Fsp3) is 0.650. The Morgan fingerprint density at radius 3 is 2.73 bits per heavy atom. The van der Waals surface area contributed by atoms with E-state index in [-0.39, 0.29) is 41.9 Å². The molecule has 0 radical (unpaired) electrons. The molecule has 1 aliphatic heterocycles. The summed E-state index contributed by atoms with van der Waals surface area (Å²) in [5.74, 6) is 1.43. The summed E-state index contributed by atoms with van der Waals surface area (Å²) in [6.07, 6.45) is 1.48. The van der Waals surface area contributed by atoms with Crippen LogP contribution in [0.2, 0.25) is 0 Å². The summed E-state index contributed by atoms with van der Waals surface area (Å²) < 4.78 is 5.88. The number of nitrogens with zero attached hydrogens (tertiary/aromatic N) is 1. The zero-order valence-electron chi connectivity index (χ0n) is 15.9. The summed E-state index contributed by atoms with van der Waals surface area (Å²) >= 11 is 0. The van der Waals surface area contributed by atoms with Crippen LogP contribution in [0, 0.1) is 11.3 Å². The lowest BCUT2D eigenvalue weighted by molar-refractivity contribution is -0.106. The van der Waals surface area contributed by atoms with E-state index in [1.54, 1.807) is 0 Å². The molecule has 0 aromatic heterocycles. The van der Waals surface area contributed by atoms with Crippen LogP contribution < -0.4 is 10.6 Å². The third-order valence-corrected chi connectivity index (χ3v) is 5.70. The number of benzene rings is 1. The van der Waals surface area contributed by atoms with Crippen molar-refractivity contribution >= 4 is 29.9 Å². The molecule has 4 atom stereocenters. The normalized spacial score (nSPS) is 27.7. The van der Waals surface area contributed by atoms with E-state index in [9.17, 15) is 5.11 Å². The third kappa shape index (κ3) is 4.34. The van der Waals surface area contributed by atoms with Gasteiger partial charge in [0.25, 0.3) is 0 Å². The van der Waals surface area contributed by atoms with Gasteiger partial charge in [0.05, 0.1) is 19.3 Å². The number of aliphatic hydroxyl groups is 1. The molecular formula is C20H32IN3O2. The molecule has 2 fully saturated rings. The number of ether oxygens (including phenoxy) is 1. The molecule has 0 amide bonds. The Morgan fingerprint density at radius 2 is 2.08 bits per heavy atom. The van der Waals surface area contributed by atoms with Gasteiger partial charge in [-0.1, -0.05) is 44.2 Å². The van der Waals surface area contributed by atoms with Crippen molar-refractivity contribution in [3.8, 4) is 0 Å². The van der Waals surface area contributed by atoms with Crippen LogP contribution >= 0.6 is 24.0 Å². The molecule has 6 heteroatoms. The average Bonchev–Trinajstić information content (AvgIpc) is 3.08. The molecule has 1 aliphatic carbocycles. The average molecular weight is 473 g/mol. The third-order valence-electron chi connectivity index (χ3n) is 5.70. The van der Waals surface area contributed by atoms with Crippen molar-refractivity contribution in [2.45, 2.75) is 45.3 Å². The molecule has 1 aromatic rings. The lowest BCUT2D eigenvalue weighted by Crippen LogP contribution is -2.68. The number of aliphatic imine (C=N–C) groups is 1. The van der Waals surface area contributed by atoms with Crippen LogP contribution in [0.1, 0.15) is 38.7 Å². The van der Waals surface area contributed by atoms with E-state index in [0.717, 1.165) is 31.1 Å². The summed E-state index contributed by atoms with van der Waals surface area (Å²) in [5.41, 5.74) is 1.24. The molecule has 26 heavy (non-hydrogen) atoms. The highest BCUT2D eigenvalue weighted by molar-refractivity contribution is 14.0. The van der Waals surface area contributed by atoms with Gasteiger partial charge < -0.3 is 20.5 Å². The van der Waals surface area contributed by atoms with Crippen molar-refractivity contribution in [3.05, 3.63) is 35.9 Å². The molecule has 0 bridgehead atoms. The van der Waals surface area contributed by atoms with Crippen LogP contribution in [0.3, 0.4) is 0 Å². The molecule has 146 valence electrons. The number of aliphatic hydroxyl groups excluding tert-OH is 1. The molecule has 1 heterocycles. The molecule has 4 unspecified atom stereocenters. The van der Waals surface area contributed by atoms with Crippen LogP contribution in [0.5, 0.6) is 0 Å². The fourth-order valence-electron chi connectivity index (χ4n) is 4.28. The predicted molar refractivity (Wildman–Crippen MR) is 116 cm³/mol. The van der Waals surface area contributed by atoms with Gasteiger partial charge in [-0.15, -0.1) is 24.0 Å². The van der Waals surface area contributed by atoms with Crippen LogP contribution in [-0.4, -0.2) is 49.5 Å². The van der Waals surface area contributed by atoms with E-state index in [4.69, 9.17) is 9.73 Å². The first-order valence-corrected chi connectivity index (χ1v) is 9.40. The minimum atomic E-state index is 0. The predicted octanol–water partition coefficient (Wildman–Crippen LogP) is 2.75. The monoisotopic (exact) mass is 473 g/mol. The second-order valence-electron chi connectivity index (χ2n) is 7.70. The Bertz CT molecular complexity index is 594. The number of rotatable bonds is 6. The summed E-state index contributed by atoms with van der Waals surface area (Å²) in [7, 11) is 0. The van der Waals surface area contributed by atoms with Gasteiger partial charge in [0, 0.05) is 36.4 Å². The number of halogens is 1. The first-order valence-electron chi connectivity index (χ1n) is 9.40. The van der Waals surface area contributed by atoms with Gasteiger partial charge in [-0.2, -0.15) is 0 Å². The quantitative estimate of drug-likeness (QED) is 0.338. The minimum absolute atomic E-state index is 0. The van der Waals surface area contributed by atoms with Crippen molar-refractivity contribution in [2.24, 2.45) is 16.3 Å². The Kier molecular flexibility index (Phi) is 7.73. The van der Waals surface area contributed by atoms with Gasteiger partial charge in [0.2, 0.25) is 0 Å². The summed E-state index contributed by atoms with van der Waals surface area (Å²) in [6.45, 7) is 8.95. The molecular weight excluding hydrogens is 441 g/mol. The van der Waals surface area contributed by atoms with E-state index >= 15 is 0 Å². The largest absolute Gasteiger partial charge is 0.396 e. The summed E-state index contributed by atoms with van der Waals surface area (Å²) in [6, 6.07) is 10.5. The van der Waals surface area contributed by atoms with Gasteiger partial charge in [-0.05, 0) is 18.9 Å². The zero-order valence-corrected chi connectivity index (χ0v) is 18.3. The number of hydrogen-bond acceptors (Lipinski definition) is 3. The van der Waals surface area contributed by atoms with Crippen LogP contribution in [-0.2, 0) is 4.74 Å². The lowest BCUT2D eigenvalue weighted by Gasteiger charge is -2.54. The van der Waals surface area contributed by atoms with Crippen molar-refractivity contribution in [1.82, 2.24) is 10.6 Å². The first-order chi connectivity index (χ1) is 12.1. The van der Waals surface area contributed by atoms with Crippen LogP contribution in [0.25, 0.3) is 0 Å². The smallest absolute Gasteiger partial charge is 0.191 e. The highest BCUT2D eigenvalue weighted by Gasteiger charge is 2.59. The Hall–Kier alpha value is -0.860. The highest BCUT2D eigenvalue weighted by atomic mass is 127. The zero-order chi connectivity index (χ0) is 17.9. The summed E-state index contributed by atoms with van der Waals surface area (Å²) in [4.78, 5) is 4.76. The van der Waals surface area contributed by atoms with Crippen molar-refractivity contribution in [2.75, 3.05) is 26.3 Å². The maximum Gasteiger partial charge on any atom is 0.191 e. The molecule has 3 N–H and O–H groups in total. The van der Waals surface area contributed by atoms with E-state index in [1.165, 1.54) is 0 Å². The van der Waals surface area contributed by atoms with Crippen molar-refractivity contribution in [3.63, 3.8) is 0 Å². The second kappa shape index (κ2) is 9.37. The highest BCUT2D eigenvalue weighted by Crippen LogP contribution is 2.52. The van der Waals surface area contributed by atoms with Gasteiger partial charge in [-0.3, -0.25) is 4.99 Å². The molecule has 1 saturated carbocycles. The first kappa shape index (κ1) is 21.4. The van der Waals surface area contributed by atoms with Crippen molar-refractivity contribution < 1.29 is 9.84 Å². The van der Waals surface area contributed by atoms with E-state index < -0.39 is 0 Å². The molecule has 3 rings (SSSR count). The fourth-order valence-corrected chi connectivity index (χ4v) is 4.28. The Morgan fingerprint density at radius 1 is 1.35 bits per heavy atom. The molecule has 0 spiro atoms.